The Hall–Kier alpha value is -2.28. The third-order valence-corrected chi connectivity index (χ3v) is 2.66. The third-order valence-electron chi connectivity index (χ3n) is 2.66. The molecule has 0 aliphatic carbocycles. The molecule has 0 radical (unpaired) electrons. The number of hydrogen-bond donors (Lipinski definition) is 4. The Balaban J connectivity index is 2.61. The van der Waals surface area contributed by atoms with Crippen molar-refractivity contribution in [3.8, 4) is 5.75 Å². The highest BCUT2D eigenvalue weighted by Gasteiger charge is 2.19. The number of anilines is 1. The first-order valence-electron chi connectivity index (χ1n) is 6.12. The monoisotopic (exact) mass is 281 g/mol. The van der Waals surface area contributed by atoms with Gasteiger partial charge in [-0.1, -0.05) is 6.07 Å². The van der Waals surface area contributed by atoms with Gasteiger partial charge in [0.2, 0.25) is 5.91 Å². The predicted molar refractivity (Wildman–Crippen MR) is 74.3 cm³/mol. The van der Waals surface area contributed by atoms with E-state index in [4.69, 9.17) is 10.5 Å². The molecule has 2 amide bonds. The zero-order valence-corrected chi connectivity index (χ0v) is 11.5. The number of aromatic hydroxyl groups is 1. The minimum Gasteiger partial charge on any atom is -0.505 e. The van der Waals surface area contributed by atoms with Crippen LogP contribution in [-0.4, -0.2) is 43.2 Å². The number of nitrogens with one attached hydrogen (secondary N) is 2. The summed E-state index contributed by atoms with van der Waals surface area (Å²) in [6.45, 7) is 2.30. The van der Waals surface area contributed by atoms with Gasteiger partial charge in [-0.3, -0.25) is 9.59 Å². The molecule has 1 aromatic carbocycles. The molecular formula is C13H19N3O4. The quantitative estimate of drug-likeness (QED) is 0.329. The van der Waals surface area contributed by atoms with Crippen molar-refractivity contribution < 1.29 is 19.4 Å². The van der Waals surface area contributed by atoms with E-state index in [2.05, 4.69) is 10.6 Å². The molecule has 1 rings (SSSR count). The number of methoxy groups -OCH3 is 1. The highest BCUT2D eigenvalue weighted by molar-refractivity contribution is 6.00. The van der Waals surface area contributed by atoms with E-state index in [-0.39, 0.29) is 22.9 Å². The third kappa shape index (κ3) is 4.13. The van der Waals surface area contributed by atoms with Gasteiger partial charge in [-0.2, -0.15) is 0 Å². The molecule has 0 bridgehead atoms. The first kappa shape index (κ1) is 15.8. The van der Waals surface area contributed by atoms with E-state index >= 15 is 0 Å². The maximum atomic E-state index is 11.9. The van der Waals surface area contributed by atoms with Gasteiger partial charge in [0.25, 0.3) is 5.91 Å². The molecule has 0 heterocycles. The second-order valence-corrected chi connectivity index (χ2v) is 4.22. The van der Waals surface area contributed by atoms with Crippen molar-refractivity contribution in [2.24, 2.45) is 0 Å². The molecule has 1 atom stereocenters. The van der Waals surface area contributed by atoms with Gasteiger partial charge >= 0.3 is 0 Å². The smallest absolute Gasteiger partial charge is 0.255 e. The summed E-state index contributed by atoms with van der Waals surface area (Å²) in [7, 11) is 1.53. The maximum absolute atomic E-state index is 11.9. The lowest BCUT2D eigenvalue weighted by Crippen LogP contribution is -2.45. The molecule has 5 N–H and O–H groups in total. The van der Waals surface area contributed by atoms with Crippen LogP contribution in [-0.2, 0) is 9.53 Å². The van der Waals surface area contributed by atoms with Crippen LogP contribution in [0, 0.1) is 0 Å². The van der Waals surface area contributed by atoms with E-state index in [1.54, 1.807) is 13.0 Å². The Morgan fingerprint density at radius 3 is 2.80 bits per heavy atom. The zero-order valence-electron chi connectivity index (χ0n) is 11.5. The Morgan fingerprint density at radius 2 is 2.15 bits per heavy atom. The van der Waals surface area contributed by atoms with E-state index in [1.807, 2.05) is 0 Å². The van der Waals surface area contributed by atoms with Crippen LogP contribution in [0.25, 0.3) is 0 Å². The molecule has 20 heavy (non-hydrogen) atoms. The standard InChI is InChI=1S/C13H19N3O4/c1-8(12(18)15-6-7-20-2)16-13(19)9-4-3-5-10(14)11(9)17/h3-5,8,17H,6-7,14H2,1-2H3,(H,15,18)(H,16,19). The number of phenolic OH excluding ortho intramolecular Hbond substituents is 1. The van der Waals surface area contributed by atoms with E-state index in [0.717, 1.165) is 0 Å². The topological polar surface area (TPSA) is 114 Å². The zero-order chi connectivity index (χ0) is 15.1. The number of amides is 2. The van der Waals surface area contributed by atoms with Crippen LogP contribution in [0.3, 0.4) is 0 Å². The van der Waals surface area contributed by atoms with Crippen LogP contribution in [0.15, 0.2) is 18.2 Å². The number of hydrogen-bond acceptors (Lipinski definition) is 5. The molecule has 0 saturated heterocycles. The first-order chi connectivity index (χ1) is 9.47. The van der Waals surface area contributed by atoms with Crippen LogP contribution in [0.4, 0.5) is 5.69 Å². The van der Waals surface area contributed by atoms with Crippen LogP contribution in [0.1, 0.15) is 17.3 Å². The number of nitrogen functional groups attached to an aromatic ring is 1. The Kier molecular flexibility index (Phi) is 5.79. The Bertz CT molecular complexity index is 491. The van der Waals surface area contributed by atoms with Gasteiger partial charge in [0.05, 0.1) is 17.9 Å². The fourth-order valence-corrected chi connectivity index (χ4v) is 1.51. The number of rotatable bonds is 6. The normalized spacial score (nSPS) is 11.7. The van der Waals surface area contributed by atoms with Crippen molar-refractivity contribution in [3.63, 3.8) is 0 Å². The summed E-state index contributed by atoms with van der Waals surface area (Å²) in [6.07, 6.45) is 0. The number of para-hydroxylation sites is 1. The molecule has 0 aromatic heterocycles. The molecule has 0 saturated carbocycles. The van der Waals surface area contributed by atoms with E-state index in [1.165, 1.54) is 19.2 Å². The van der Waals surface area contributed by atoms with Gasteiger partial charge in [-0.05, 0) is 19.1 Å². The summed E-state index contributed by atoms with van der Waals surface area (Å²) in [5.41, 5.74) is 5.64. The van der Waals surface area contributed by atoms with Gasteiger partial charge in [0.15, 0.2) is 5.75 Å². The molecule has 7 nitrogen and oxygen atoms in total. The highest BCUT2D eigenvalue weighted by Crippen LogP contribution is 2.24. The lowest BCUT2D eigenvalue weighted by molar-refractivity contribution is -0.122. The number of benzene rings is 1. The highest BCUT2D eigenvalue weighted by atomic mass is 16.5. The summed E-state index contributed by atoms with van der Waals surface area (Å²) < 4.78 is 4.80. The SMILES string of the molecule is COCCNC(=O)C(C)NC(=O)c1cccc(N)c1O. The summed E-state index contributed by atoms with van der Waals surface area (Å²) in [5, 5.41) is 14.8. The second-order valence-electron chi connectivity index (χ2n) is 4.22. The van der Waals surface area contributed by atoms with E-state index in [0.29, 0.717) is 13.2 Å². The van der Waals surface area contributed by atoms with Gasteiger partial charge in [-0.25, -0.2) is 0 Å². The number of nitrogens with two attached hydrogens (primary N) is 1. The van der Waals surface area contributed by atoms with Crippen molar-refractivity contribution in [3.05, 3.63) is 23.8 Å². The summed E-state index contributed by atoms with van der Waals surface area (Å²) in [6, 6.07) is 3.72. The predicted octanol–water partition coefficient (Wildman–Crippen LogP) is -0.145. The molecule has 1 aromatic rings. The maximum Gasteiger partial charge on any atom is 0.255 e. The average Bonchev–Trinajstić information content (AvgIpc) is 2.41. The fraction of sp³-hybridized carbons (Fsp3) is 0.385. The number of phenols is 1. The summed E-state index contributed by atoms with van der Waals surface area (Å²) in [4.78, 5) is 23.6. The molecule has 0 spiro atoms. The minimum absolute atomic E-state index is 0.0292. The van der Waals surface area contributed by atoms with Gasteiger partial charge in [0.1, 0.15) is 6.04 Å². The molecule has 0 aliphatic rings. The Morgan fingerprint density at radius 1 is 1.45 bits per heavy atom. The fourth-order valence-electron chi connectivity index (χ4n) is 1.51. The lowest BCUT2D eigenvalue weighted by atomic mass is 10.1. The average molecular weight is 281 g/mol. The molecule has 0 aliphatic heterocycles. The minimum atomic E-state index is -0.736. The molecule has 110 valence electrons. The van der Waals surface area contributed by atoms with Gasteiger partial charge in [0, 0.05) is 13.7 Å². The van der Waals surface area contributed by atoms with E-state index in [9.17, 15) is 14.7 Å². The van der Waals surface area contributed by atoms with Crippen molar-refractivity contribution in [1.29, 1.82) is 0 Å². The van der Waals surface area contributed by atoms with E-state index < -0.39 is 11.9 Å². The molecule has 0 fully saturated rings. The number of carbonyl (C=O) groups excluding carboxylic acids is 2. The molecule has 1 unspecified atom stereocenters. The first-order valence-corrected chi connectivity index (χ1v) is 6.12. The summed E-state index contributed by atoms with van der Waals surface area (Å²) in [5.74, 6) is -1.19. The van der Waals surface area contributed by atoms with Crippen molar-refractivity contribution in [1.82, 2.24) is 10.6 Å². The summed E-state index contributed by atoms with van der Waals surface area (Å²) >= 11 is 0. The van der Waals surface area contributed by atoms with Crippen molar-refractivity contribution >= 4 is 17.5 Å². The second kappa shape index (κ2) is 7.34. The van der Waals surface area contributed by atoms with Crippen LogP contribution >= 0.6 is 0 Å². The molecular weight excluding hydrogens is 262 g/mol. The number of ether oxygens (including phenoxy) is 1. The van der Waals surface area contributed by atoms with Gasteiger partial charge < -0.3 is 26.2 Å². The van der Waals surface area contributed by atoms with Crippen molar-refractivity contribution in [2.45, 2.75) is 13.0 Å². The van der Waals surface area contributed by atoms with Gasteiger partial charge in [-0.15, -0.1) is 0 Å². The van der Waals surface area contributed by atoms with Crippen LogP contribution < -0.4 is 16.4 Å². The van der Waals surface area contributed by atoms with Crippen LogP contribution in [0.5, 0.6) is 5.75 Å². The number of carbonyl (C=O) groups is 2. The largest absolute Gasteiger partial charge is 0.505 e. The molecule has 7 heteroatoms. The van der Waals surface area contributed by atoms with Crippen LogP contribution in [0.2, 0.25) is 0 Å². The Labute approximate surface area is 117 Å². The van der Waals surface area contributed by atoms with Crippen molar-refractivity contribution in [2.75, 3.05) is 26.0 Å². The lowest BCUT2D eigenvalue weighted by Gasteiger charge is -2.14.